The van der Waals surface area contributed by atoms with E-state index >= 15 is 0 Å². The first-order chi connectivity index (χ1) is 29.0. The number of para-hydroxylation sites is 1. The molecule has 0 saturated carbocycles. The van der Waals surface area contributed by atoms with Crippen LogP contribution in [0.5, 0.6) is 0 Å². The van der Waals surface area contributed by atoms with Crippen LogP contribution in [0.3, 0.4) is 0 Å². The average molecular weight is 755 g/mol. The summed E-state index contributed by atoms with van der Waals surface area (Å²) in [4.78, 5) is 2.44. The van der Waals surface area contributed by atoms with E-state index in [0.29, 0.717) is 0 Å². The second-order valence-corrected chi connectivity index (χ2v) is 16.2. The maximum atomic E-state index is 2.44. The number of anilines is 3. The molecule has 2 nitrogen and oxygen atoms in total. The van der Waals surface area contributed by atoms with E-state index in [1.807, 2.05) is 0 Å². The highest BCUT2D eigenvalue weighted by Crippen LogP contribution is 2.51. The van der Waals surface area contributed by atoms with Crippen LogP contribution in [0.4, 0.5) is 17.1 Å². The Morgan fingerprint density at radius 2 is 0.898 bits per heavy atom. The summed E-state index contributed by atoms with van der Waals surface area (Å²) in [6.07, 6.45) is 0. The fourth-order valence-electron chi connectivity index (χ4n) is 9.50. The Kier molecular flexibility index (Phi) is 8.20. The summed E-state index contributed by atoms with van der Waals surface area (Å²) >= 11 is 0. The average Bonchev–Trinajstić information content (AvgIpc) is 3.75. The lowest BCUT2D eigenvalue weighted by Gasteiger charge is -2.28. The van der Waals surface area contributed by atoms with Crippen molar-refractivity contribution in [3.63, 3.8) is 0 Å². The van der Waals surface area contributed by atoms with Crippen LogP contribution >= 0.6 is 0 Å². The number of aromatic nitrogens is 1. The zero-order valence-electron chi connectivity index (χ0n) is 33.2. The molecule has 0 N–H and O–H groups in total. The van der Waals surface area contributed by atoms with Gasteiger partial charge in [0.15, 0.2) is 0 Å². The van der Waals surface area contributed by atoms with E-state index in [2.05, 4.69) is 242 Å². The lowest BCUT2D eigenvalue weighted by Crippen LogP contribution is -2.16. The highest BCUT2D eigenvalue weighted by atomic mass is 15.1. The Labute approximate surface area is 345 Å². The fraction of sp³-hybridized carbons (Fsp3) is 0.0526. The van der Waals surface area contributed by atoms with Crippen molar-refractivity contribution in [3.05, 3.63) is 230 Å². The largest absolute Gasteiger partial charge is 0.310 e. The lowest BCUT2D eigenvalue weighted by atomic mass is 9.82. The number of fused-ring (bicyclic) bond motifs is 6. The van der Waals surface area contributed by atoms with Gasteiger partial charge in [0.25, 0.3) is 0 Å². The number of benzene rings is 9. The summed E-state index contributed by atoms with van der Waals surface area (Å²) in [6.45, 7) is 4.72. The zero-order chi connectivity index (χ0) is 39.5. The van der Waals surface area contributed by atoms with E-state index in [-0.39, 0.29) is 5.41 Å². The van der Waals surface area contributed by atoms with Crippen molar-refractivity contribution in [1.29, 1.82) is 0 Å². The molecular weight excluding hydrogens is 713 g/mol. The van der Waals surface area contributed by atoms with Crippen LogP contribution in [0.25, 0.3) is 72.0 Å². The molecule has 1 aromatic heterocycles. The number of hydrogen-bond acceptors (Lipinski definition) is 1. The van der Waals surface area contributed by atoms with Crippen molar-refractivity contribution in [1.82, 2.24) is 4.57 Å². The predicted molar refractivity (Wildman–Crippen MR) is 249 cm³/mol. The molecule has 0 atom stereocenters. The van der Waals surface area contributed by atoms with Crippen LogP contribution in [0.15, 0.2) is 218 Å². The van der Waals surface area contributed by atoms with E-state index < -0.39 is 0 Å². The normalized spacial score (nSPS) is 12.7. The van der Waals surface area contributed by atoms with Crippen LogP contribution in [0, 0.1) is 0 Å². The summed E-state index contributed by atoms with van der Waals surface area (Å²) in [7, 11) is 0. The quantitative estimate of drug-likeness (QED) is 0.157. The third kappa shape index (κ3) is 5.79. The summed E-state index contributed by atoms with van der Waals surface area (Å²) in [6, 6.07) is 79.8. The van der Waals surface area contributed by atoms with Crippen molar-refractivity contribution in [3.8, 4) is 50.2 Å². The van der Waals surface area contributed by atoms with Crippen LogP contribution in [-0.2, 0) is 5.41 Å². The summed E-state index contributed by atoms with van der Waals surface area (Å²) in [5.41, 5.74) is 19.3. The van der Waals surface area contributed by atoms with E-state index in [4.69, 9.17) is 0 Å². The van der Waals surface area contributed by atoms with Crippen LogP contribution in [-0.4, -0.2) is 4.57 Å². The minimum atomic E-state index is -0.122. The zero-order valence-corrected chi connectivity index (χ0v) is 33.2. The van der Waals surface area contributed by atoms with Gasteiger partial charge in [0.2, 0.25) is 0 Å². The molecule has 59 heavy (non-hydrogen) atoms. The van der Waals surface area contributed by atoms with Gasteiger partial charge >= 0.3 is 0 Å². The molecular formula is C57H42N2. The van der Waals surface area contributed by atoms with Gasteiger partial charge in [0.05, 0.1) is 11.0 Å². The van der Waals surface area contributed by atoms with E-state index in [9.17, 15) is 0 Å². The van der Waals surface area contributed by atoms with Gasteiger partial charge in [-0.2, -0.15) is 0 Å². The van der Waals surface area contributed by atoms with Gasteiger partial charge in [-0.15, -0.1) is 0 Å². The van der Waals surface area contributed by atoms with E-state index in [0.717, 1.165) is 28.3 Å². The third-order valence-electron chi connectivity index (χ3n) is 12.4. The van der Waals surface area contributed by atoms with Gasteiger partial charge in [-0.3, -0.25) is 0 Å². The van der Waals surface area contributed by atoms with Gasteiger partial charge in [0.1, 0.15) is 0 Å². The molecule has 1 aliphatic rings. The Morgan fingerprint density at radius 3 is 1.66 bits per heavy atom. The second kappa shape index (κ2) is 13.9. The molecule has 0 bridgehead atoms. The molecule has 2 heteroatoms. The first kappa shape index (κ1) is 34.8. The smallest absolute Gasteiger partial charge is 0.0562 e. The van der Waals surface area contributed by atoms with Crippen LogP contribution in [0.2, 0.25) is 0 Å². The van der Waals surface area contributed by atoms with E-state index in [1.165, 1.54) is 71.9 Å². The topological polar surface area (TPSA) is 8.17 Å². The summed E-state index contributed by atoms with van der Waals surface area (Å²) in [5.74, 6) is 0. The molecule has 0 amide bonds. The number of hydrogen-bond donors (Lipinski definition) is 0. The maximum Gasteiger partial charge on any atom is 0.0562 e. The number of nitrogens with zero attached hydrogens (tertiary/aromatic N) is 2. The Morgan fingerprint density at radius 1 is 0.356 bits per heavy atom. The molecule has 10 aromatic rings. The van der Waals surface area contributed by atoms with Crippen molar-refractivity contribution < 1.29 is 0 Å². The lowest BCUT2D eigenvalue weighted by molar-refractivity contribution is 0.660. The first-order valence-corrected chi connectivity index (χ1v) is 20.5. The Bertz CT molecular complexity index is 3160. The summed E-state index contributed by atoms with van der Waals surface area (Å²) < 4.78 is 2.44. The van der Waals surface area contributed by atoms with Crippen LogP contribution in [0.1, 0.15) is 25.0 Å². The van der Waals surface area contributed by atoms with Crippen molar-refractivity contribution in [2.24, 2.45) is 0 Å². The minimum Gasteiger partial charge on any atom is -0.310 e. The van der Waals surface area contributed by atoms with Crippen molar-refractivity contribution >= 4 is 38.9 Å². The Balaban J connectivity index is 1.13. The van der Waals surface area contributed by atoms with Gasteiger partial charge in [0, 0.05) is 38.9 Å². The molecule has 11 rings (SSSR count). The Hall–Kier alpha value is -7.42. The molecule has 1 aliphatic carbocycles. The highest BCUT2D eigenvalue weighted by Gasteiger charge is 2.35. The van der Waals surface area contributed by atoms with Gasteiger partial charge < -0.3 is 9.47 Å². The third-order valence-corrected chi connectivity index (χ3v) is 12.4. The minimum absolute atomic E-state index is 0.122. The van der Waals surface area contributed by atoms with Gasteiger partial charge in [-0.05, 0) is 116 Å². The molecule has 0 aliphatic heterocycles. The van der Waals surface area contributed by atoms with Gasteiger partial charge in [-0.1, -0.05) is 172 Å². The van der Waals surface area contributed by atoms with Crippen molar-refractivity contribution in [2.45, 2.75) is 19.3 Å². The fourth-order valence-corrected chi connectivity index (χ4v) is 9.50. The molecule has 1 heterocycles. The van der Waals surface area contributed by atoms with Gasteiger partial charge in [-0.25, -0.2) is 0 Å². The first-order valence-electron chi connectivity index (χ1n) is 20.5. The molecule has 0 fully saturated rings. The molecule has 0 saturated heterocycles. The second-order valence-electron chi connectivity index (χ2n) is 16.2. The molecule has 9 aromatic carbocycles. The van der Waals surface area contributed by atoms with Crippen LogP contribution < -0.4 is 4.90 Å². The predicted octanol–water partition coefficient (Wildman–Crippen LogP) is 15.6. The maximum absolute atomic E-state index is 2.44. The highest BCUT2D eigenvalue weighted by molar-refractivity contribution is 6.16. The standard InChI is InChI=1S/C57H42N2/c1-57(2)52-26-13-12-24-49(52)50-34-32-46(37-53(50)57)58(45-30-28-41(29-31-45)39-16-6-3-7-17-39)47-33-35-51-55(38-47)59(44-22-10-5-11-23-44)54-27-15-25-48(56(51)54)43-21-14-20-42(36-43)40-18-8-4-9-19-40/h3-38H,1-2H3. The molecule has 0 radical (unpaired) electrons. The molecule has 280 valence electrons. The molecule has 0 spiro atoms. The molecule has 0 unspecified atom stereocenters. The monoisotopic (exact) mass is 754 g/mol. The van der Waals surface area contributed by atoms with E-state index in [1.54, 1.807) is 0 Å². The number of rotatable bonds is 7. The summed E-state index contributed by atoms with van der Waals surface area (Å²) in [5, 5.41) is 2.47. The SMILES string of the molecule is CC1(C)c2ccccc2-c2ccc(N(c3ccc(-c4ccccc4)cc3)c3ccc4c5c(-c6cccc(-c7ccccc7)c6)cccc5n(-c5ccccc5)c4c3)cc21. The van der Waals surface area contributed by atoms with Crippen molar-refractivity contribution in [2.75, 3.05) is 4.90 Å².